The van der Waals surface area contributed by atoms with Gasteiger partial charge >= 0.3 is 0 Å². The third-order valence-electron chi connectivity index (χ3n) is 2.90. The van der Waals surface area contributed by atoms with Gasteiger partial charge < -0.3 is 4.90 Å². The summed E-state index contributed by atoms with van der Waals surface area (Å²) in [4.78, 5) is 2.70. The van der Waals surface area contributed by atoms with Crippen LogP contribution in [-0.2, 0) is 0 Å². The van der Waals surface area contributed by atoms with Gasteiger partial charge in [0.15, 0.2) is 0 Å². The van der Waals surface area contributed by atoms with Crippen LogP contribution in [0.2, 0.25) is 0 Å². The molecule has 0 aromatic rings. The van der Waals surface area contributed by atoms with Crippen LogP contribution in [0.3, 0.4) is 0 Å². The van der Waals surface area contributed by atoms with Crippen molar-refractivity contribution in [1.29, 1.82) is 0 Å². The van der Waals surface area contributed by atoms with E-state index in [1.807, 2.05) is 27.7 Å². The fourth-order valence-electron chi connectivity index (χ4n) is 2.28. The maximum Gasteiger partial charge on any atom is 0.00950 e. The zero-order valence-electron chi connectivity index (χ0n) is 15.4. The first kappa shape index (κ1) is 24.0. The Morgan fingerprint density at radius 1 is 0.737 bits per heavy atom. The van der Waals surface area contributed by atoms with Crippen molar-refractivity contribution in [2.24, 2.45) is 0 Å². The van der Waals surface area contributed by atoms with Crippen LogP contribution in [0.25, 0.3) is 0 Å². The molecule has 19 heavy (non-hydrogen) atoms. The summed E-state index contributed by atoms with van der Waals surface area (Å²) >= 11 is 0. The Bertz CT molecular complexity index is 111. The standard InChI is InChI=1S/C11H23N.C3H8.2C2H6/c1-3-7-11(8-4-2)12-9-5-6-10-12;1-3-2;2*1-2/h11H,3-10H2,1-2H3;3H2,1-2H3;2*1-2H3. The minimum atomic E-state index is 0.905. The van der Waals surface area contributed by atoms with E-state index in [4.69, 9.17) is 0 Å². The van der Waals surface area contributed by atoms with E-state index in [1.165, 1.54) is 58.0 Å². The first-order valence-electron chi connectivity index (χ1n) is 9.04. The highest BCUT2D eigenvalue weighted by Crippen LogP contribution is 2.18. The number of nitrogens with zero attached hydrogens (tertiary/aromatic N) is 1. The lowest BCUT2D eigenvalue weighted by Crippen LogP contribution is -2.32. The fourth-order valence-corrected chi connectivity index (χ4v) is 2.28. The average Bonchev–Trinajstić information content (AvgIpc) is 2.98. The molecule has 0 radical (unpaired) electrons. The Balaban J connectivity index is -0.000000313. The van der Waals surface area contributed by atoms with Gasteiger partial charge in [-0.25, -0.2) is 0 Å². The van der Waals surface area contributed by atoms with E-state index in [-0.39, 0.29) is 0 Å². The third-order valence-corrected chi connectivity index (χ3v) is 2.90. The molecule has 0 bridgehead atoms. The molecule has 120 valence electrons. The molecule has 1 fully saturated rings. The number of hydrogen-bond donors (Lipinski definition) is 0. The first-order chi connectivity index (χ1) is 9.29. The van der Waals surface area contributed by atoms with E-state index in [1.54, 1.807) is 0 Å². The van der Waals surface area contributed by atoms with E-state index in [2.05, 4.69) is 32.6 Å². The highest BCUT2D eigenvalue weighted by molar-refractivity contribution is 4.75. The summed E-state index contributed by atoms with van der Waals surface area (Å²) in [5.74, 6) is 0. The molecule has 1 saturated heterocycles. The Hall–Kier alpha value is -0.0400. The summed E-state index contributed by atoms with van der Waals surface area (Å²) in [6.07, 6.45) is 9.64. The molecule has 0 aliphatic carbocycles. The van der Waals surface area contributed by atoms with Crippen molar-refractivity contribution >= 4 is 0 Å². The molecular weight excluding hydrogens is 230 g/mol. The van der Waals surface area contributed by atoms with Crippen molar-refractivity contribution in [3.05, 3.63) is 0 Å². The van der Waals surface area contributed by atoms with Gasteiger partial charge in [0.1, 0.15) is 0 Å². The van der Waals surface area contributed by atoms with E-state index >= 15 is 0 Å². The summed E-state index contributed by atoms with van der Waals surface area (Å²) in [6, 6.07) is 0.905. The van der Waals surface area contributed by atoms with Crippen molar-refractivity contribution in [3.63, 3.8) is 0 Å². The zero-order chi connectivity index (χ0) is 15.5. The highest BCUT2D eigenvalue weighted by Gasteiger charge is 2.19. The SMILES string of the molecule is CC.CC.CCC.CCCC(CCC)N1CCCC1. The van der Waals surface area contributed by atoms with Gasteiger partial charge in [-0.3, -0.25) is 0 Å². The molecule has 0 N–H and O–H groups in total. The van der Waals surface area contributed by atoms with Crippen LogP contribution in [0.15, 0.2) is 0 Å². The Labute approximate surface area is 125 Å². The smallest absolute Gasteiger partial charge is 0.00950 e. The largest absolute Gasteiger partial charge is 0.300 e. The summed E-state index contributed by atoms with van der Waals surface area (Å²) in [7, 11) is 0. The van der Waals surface area contributed by atoms with Crippen LogP contribution in [0.4, 0.5) is 0 Å². The van der Waals surface area contributed by atoms with Gasteiger partial charge in [-0.1, -0.05) is 74.7 Å². The maximum atomic E-state index is 2.70. The molecule has 0 amide bonds. The molecule has 1 rings (SSSR count). The predicted molar refractivity (Wildman–Crippen MR) is 93.1 cm³/mol. The molecule has 0 aromatic heterocycles. The van der Waals surface area contributed by atoms with Crippen molar-refractivity contribution in [2.75, 3.05) is 13.1 Å². The monoisotopic (exact) mass is 273 g/mol. The van der Waals surface area contributed by atoms with Crippen LogP contribution >= 0.6 is 0 Å². The lowest BCUT2D eigenvalue weighted by atomic mass is 10.1. The first-order valence-corrected chi connectivity index (χ1v) is 9.04. The normalized spacial score (nSPS) is 13.7. The molecule has 0 unspecified atom stereocenters. The van der Waals surface area contributed by atoms with E-state index in [0.717, 1.165) is 6.04 Å². The molecule has 0 saturated carbocycles. The summed E-state index contributed by atoms with van der Waals surface area (Å²) in [5, 5.41) is 0. The molecule has 1 aliphatic rings. The van der Waals surface area contributed by atoms with Gasteiger partial charge in [0, 0.05) is 6.04 Å². The zero-order valence-corrected chi connectivity index (χ0v) is 15.4. The molecule has 0 atom stereocenters. The van der Waals surface area contributed by atoms with Crippen LogP contribution in [0, 0.1) is 0 Å². The topological polar surface area (TPSA) is 3.24 Å². The average molecular weight is 274 g/mol. The van der Waals surface area contributed by atoms with E-state index in [9.17, 15) is 0 Å². The van der Waals surface area contributed by atoms with Crippen LogP contribution < -0.4 is 0 Å². The molecule has 1 heteroatoms. The second kappa shape index (κ2) is 23.1. The molecule has 0 aromatic carbocycles. The summed E-state index contributed by atoms with van der Waals surface area (Å²) in [5.41, 5.74) is 0. The highest BCUT2D eigenvalue weighted by atomic mass is 15.2. The van der Waals surface area contributed by atoms with Gasteiger partial charge in [0.2, 0.25) is 0 Å². The second-order valence-corrected chi connectivity index (χ2v) is 4.68. The quantitative estimate of drug-likeness (QED) is 0.551. The number of hydrogen-bond acceptors (Lipinski definition) is 1. The van der Waals surface area contributed by atoms with Crippen molar-refractivity contribution < 1.29 is 0 Å². The molecule has 0 spiro atoms. The Kier molecular flexibility index (Phi) is 29.2. The number of rotatable bonds is 5. The van der Waals surface area contributed by atoms with Crippen LogP contribution in [0.5, 0.6) is 0 Å². The minimum absolute atomic E-state index is 0.905. The lowest BCUT2D eigenvalue weighted by molar-refractivity contribution is 0.216. The third kappa shape index (κ3) is 15.9. The Morgan fingerprint density at radius 3 is 1.32 bits per heavy atom. The Morgan fingerprint density at radius 2 is 1.05 bits per heavy atom. The van der Waals surface area contributed by atoms with Crippen LogP contribution in [-0.4, -0.2) is 24.0 Å². The summed E-state index contributed by atoms with van der Waals surface area (Å²) < 4.78 is 0. The second-order valence-electron chi connectivity index (χ2n) is 4.68. The molecular formula is C18H43N. The van der Waals surface area contributed by atoms with Crippen molar-refractivity contribution in [3.8, 4) is 0 Å². The van der Waals surface area contributed by atoms with E-state index in [0.29, 0.717) is 0 Å². The van der Waals surface area contributed by atoms with Gasteiger partial charge in [-0.2, -0.15) is 0 Å². The van der Waals surface area contributed by atoms with E-state index < -0.39 is 0 Å². The van der Waals surface area contributed by atoms with Gasteiger partial charge in [0.25, 0.3) is 0 Å². The van der Waals surface area contributed by atoms with Gasteiger partial charge in [0.05, 0.1) is 0 Å². The molecule has 1 aliphatic heterocycles. The lowest BCUT2D eigenvalue weighted by Gasteiger charge is -2.26. The minimum Gasteiger partial charge on any atom is -0.300 e. The van der Waals surface area contributed by atoms with Gasteiger partial charge in [-0.05, 0) is 38.8 Å². The van der Waals surface area contributed by atoms with Gasteiger partial charge in [-0.15, -0.1) is 0 Å². The van der Waals surface area contributed by atoms with Crippen LogP contribution in [0.1, 0.15) is 100 Å². The number of likely N-dealkylation sites (tertiary alicyclic amines) is 1. The molecule has 1 nitrogen and oxygen atoms in total. The molecule has 1 heterocycles. The van der Waals surface area contributed by atoms with Crippen molar-refractivity contribution in [2.45, 2.75) is 106 Å². The predicted octanol–water partition coefficient (Wildman–Crippen LogP) is 6.52. The van der Waals surface area contributed by atoms with Crippen molar-refractivity contribution in [1.82, 2.24) is 4.90 Å². The maximum absolute atomic E-state index is 2.70. The fraction of sp³-hybridized carbons (Fsp3) is 1.00. The summed E-state index contributed by atoms with van der Waals surface area (Å²) in [6.45, 7) is 19.6.